The second-order valence-corrected chi connectivity index (χ2v) is 6.87. The Balaban J connectivity index is 2.29. The fourth-order valence-electron chi connectivity index (χ4n) is 2.51. The molecule has 0 N–H and O–H groups in total. The Morgan fingerprint density at radius 3 is 2.52 bits per heavy atom. The van der Waals surface area contributed by atoms with Gasteiger partial charge < -0.3 is 0 Å². The van der Waals surface area contributed by atoms with E-state index in [2.05, 4.69) is 4.37 Å². The lowest BCUT2D eigenvalue weighted by Gasteiger charge is -2.14. The van der Waals surface area contributed by atoms with E-state index >= 15 is 0 Å². The van der Waals surface area contributed by atoms with Crippen molar-refractivity contribution >= 4 is 33.2 Å². The van der Waals surface area contributed by atoms with E-state index in [0.717, 1.165) is 11.7 Å². The predicted octanol–water partition coefficient (Wildman–Crippen LogP) is 3.46. The molecule has 3 rings (SSSR count). The lowest BCUT2D eigenvalue weighted by atomic mass is 10.1. The van der Waals surface area contributed by atoms with Crippen LogP contribution in [0.1, 0.15) is 23.7 Å². The molecule has 0 amide bonds. The Labute approximate surface area is 148 Å². The van der Waals surface area contributed by atoms with Gasteiger partial charge in [-0.3, -0.25) is 9.36 Å². The van der Waals surface area contributed by atoms with E-state index < -0.39 is 28.5 Å². The summed E-state index contributed by atoms with van der Waals surface area (Å²) in [7, 11) is 0.970. The highest BCUT2D eigenvalue weighted by Crippen LogP contribution is 2.31. The summed E-state index contributed by atoms with van der Waals surface area (Å²) in [6.07, 6.45) is -4.80. The summed E-state index contributed by atoms with van der Waals surface area (Å²) in [6.45, 7) is 1.73. The number of rotatable bonds is 2. The highest BCUT2D eigenvalue weighted by atomic mass is 35.5. The van der Waals surface area contributed by atoms with Gasteiger partial charge >= 0.3 is 11.9 Å². The molecule has 0 saturated heterocycles. The third kappa shape index (κ3) is 2.98. The van der Waals surface area contributed by atoms with Crippen LogP contribution in [0.4, 0.5) is 13.2 Å². The van der Waals surface area contributed by atoms with E-state index in [1.165, 1.54) is 23.7 Å². The molecule has 1 atom stereocenters. The minimum atomic E-state index is -4.80. The van der Waals surface area contributed by atoms with Gasteiger partial charge in [-0.1, -0.05) is 0 Å². The van der Waals surface area contributed by atoms with Crippen molar-refractivity contribution in [2.24, 2.45) is 7.05 Å². The van der Waals surface area contributed by atoms with Crippen LogP contribution >= 0.6 is 23.1 Å². The predicted molar refractivity (Wildman–Crippen MR) is 89.7 cm³/mol. The first-order chi connectivity index (χ1) is 11.6. The third-order valence-corrected chi connectivity index (χ3v) is 4.77. The van der Waals surface area contributed by atoms with Crippen molar-refractivity contribution < 1.29 is 13.2 Å². The number of hydrogen-bond donors (Lipinski definition) is 0. The molecule has 0 aliphatic heterocycles. The molecule has 1 unspecified atom stereocenters. The van der Waals surface area contributed by atoms with Crippen LogP contribution in [0.2, 0.25) is 0 Å². The van der Waals surface area contributed by atoms with Gasteiger partial charge in [-0.25, -0.2) is 9.36 Å². The summed E-state index contributed by atoms with van der Waals surface area (Å²) in [5.41, 5.74) is -2.70. The van der Waals surface area contributed by atoms with Gasteiger partial charge in [0, 0.05) is 18.5 Å². The van der Waals surface area contributed by atoms with E-state index in [9.17, 15) is 22.8 Å². The summed E-state index contributed by atoms with van der Waals surface area (Å²) < 4.78 is 44.9. The SMILES string of the molecule is CC(Cl)c1nsc2ccc(-n3c(=O)cc(C(F)(F)F)n(C)c3=O)cc12. The zero-order valence-corrected chi connectivity index (χ0v) is 14.5. The van der Waals surface area contributed by atoms with Crippen LogP contribution in [0.3, 0.4) is 0 Å². The second-order valence-electron chi connectivity index (χ2n) is 5.41. The molecule has 0 bridgehead atoms. The van der Waals surface area contributed by atoms with Gasteiger partial charge in [0.05, 0.1) is 21.5 Å². The minimum absolute atomic E-state index is 0.158. The monoisotopic (exact) mass is 389 g/mol. The number of benzene rings is 1. The Morgan fingerprint density at radius 1 is 1.24 bits per heavy atom. The maximum atomic E-state index is 12.9. The van der Waals surface area contributed by atoms with Crippen molar-refractivity contribution in [3.63, 3.8) is 0 Å². The molecule has 25 heavy (non-hydrogen) atoms. The number of nitrogens with zero attached hydrogens (tertiary/aromatic N) is 3. The van der Waals surface area contributed by atoms with Crippen molar-refractivity contribution in [2.45, 2.75) is 18.5 Å². The van der Waals surface area contributed by atoms with E-state index in [4.69, 9.17) is 11.6 Å². The van der Waals surface area contributed by atoms with Crippen LogP contribution in [0, 0.1) is 0 Å². The van der Waals surface area contributed by atoms with Crippen molar-refractivity contribution in [3.05, 3.63) is 56.5 Å². The number of aromatic nitrogens is 3. The fourth-order valence-corrected chi connectivity index (χ4v) is 3.57. The van der Waals surface area contributed by atoms with Crippen LogP contribution in [-0.2, 0) is 13.2 Å². The number of alkyl halides is 4. The molecule has 1 aromatic carbocycles. The maximum Gasteiger partial charge on any atom is 0.431 e. The zero-order chi connectivity index (χ0) is 18.5. The molecule has 2 heterocycles. The first-order valence-corrected chi connectivity index (χ1v) is 8.26. The summed E-state index contributed by atoms with van der Waals surface area (Å²) in [5, 5.41) is 0.259. The van der Waals surface area contributed by atoms with Gasteiger partial charge in [0.2, 0.25) is 0 Å². The highest BCUT2D eigenvalue weighted by Gasteiger charge is 2.35. The molecule has 0 aliphatic rings. The van der Waals surface area contributed by atoms with Crippen LogP contribution < -0.4 is 11.2 Å². The highest BCUT2D eigenvalue weighted by molar-refractivity contribution is 7.13. The summed E-state index contributed by atoms with van der Waals surface area (Å²) in [6, 6.07) is 5.07. The molecule has 0 radical (unpaired) electrons. The molecule has 0 fully saturated rings. The Bertz CT molecular complexity index is 1080. The lowest BCUT2D eigenvalue weighted by molar-refractivity contribution is -0.144. The van der Waals surface area contributed by atoms with E-state index in [0.29, 0.717) is 26.3 Å². The van der Waals surface area contributed by atoms with Gasteiger partial charge in [0.1, 0.15) is 5.69 Å². The Hall–Kier alpha value is -2.13. The van der Waals surface area contributed by atoms with Crippen LogP contribution in [0.25, 0.3) is 15.8 Å². The average molecular weight is 390 g/mol. The van der Waals surface area contributed by atoms with Gasteiger partial charge in [-0.2, -0.15) is 17.5 Å². The van der Waals surface area contributed by atoms with Gasteiger partial charge in [0.25, 0.3) is 5.56 Å². The smallest absolute Gasteiger partial charge is 0.292 e. The molecule has 132 valence electrons. The van der Waals surface area contributed by atoms with E-state index in [1.807, 2.05) is 0 Å². The molecule has 3 aromatic rings. The molecular weight excluding hydrogens is 379 g/mol. The fraction of sp³-hybridized carbons (Fsp3) is 0.267. The quantitative estimate of drug-likeness (QED) is 0.631. The lowest BCUT2D eigenvalue weighted by Crippen LogP contribution is -2.40. The normalized spacial score (nSPS) is 13.4. The minimum Gasteiger partial charge on any atom is -0.292 e. The van der Waals surface area contributed by atoms with Crippen molar-refractivity contribution in [2.75, 3.05) is 0 Å². The number of fused-ring (bicyclic) bond motifs is 1. The van der Waals surface area contributed by atoms with Crippen LogP contribution in [0.15, 0.2) is 33.9 Å². The van der Waals surface area contributed by atoms with Crippen molar-refractivity contribution in [1.29, 1.82) is 0 Å². The molecule has 0 spiro atoms. The summed E-state index contributed by atoms with van der Waals surface area (Å²) in [4.78, 5) is 24.5. The largest absolute Gasteiger partial charge is 0.431 e. The van der Waals surface area contributed by atoms with Gasteiger partial charge in [-0.15, -0.1) is 11.6 Å². The van der Waals surface area contributed by atoms with Gasteiger partial charge in [-0.05, 0) is 36.7 Å². The third-order valence-electron chi connectivity index (χ3n) is 3.73. The Morgan fingerprint density at radius 2 is 1.92 bits per heavy atom. The van der Waals surface area contributed by atoms with Crippen LogP contribution in [-0.4, -0.2) is 13.5 Å². The standard InChI is InChI=1S/C15H11ClF3N3O2S/c1-7(16)13-9-5-8(3-4-10(9)25-20-13)22-12(23)6-11(15(17,18)19)21(2)14(22)24/h3-7H,1-2H3. The number of halogens is 4. The Kier molecular flexibility index (Phi) is 4.24. The van der Waals surface area contributed by atoms with Crippen LogP contribution in [0.5, 0.6) is 0 Å². The first-order valence-electron chi connectivity index (χ1n) is 7.05. The van der Waals surface area contributed by atoms with E-state index in [1.54, 1.807) is 13.0 Å². The average Bonchev–Trinajstić information content (AvgIpc) is 2.93. The molecular formula is C15H11ClF3N3O2S. The molecule has 0 saturated carbocycles. The molecule has 10 heteroatoms. The summed E-state index contributed by atoms with van der Waals surface area (Å²) >= 11 is 7.27. The molecule has 2 aromatic heterocycles. The maximum absolute atomic E-state index is 12.9. The molecule has 5 nitrogen and oxygen atoms in total. The molecule has 0 aliphatic carbocycles. The number of hydrogen-bond acceptors (Lipinski definition) is 4. The van der Waals surface area contributed by atoms with Crippen molar-refractivity contribution in [3.8, 4) is 5.69 Å². The van der Waals surface area contributed by atoms with E-state index in [-0.39, 0.29) is 5.69 Å². The zero-order valence-electron chi connectivity index (χ0n) is 13.0. The second kappa shape index (κ2) is 5.99. The van der Waals surface area contributed by atoms with Gasteiger partial charge in [0.15, 0.2) is 0 Å². The van der Waals surface area contributed by atoms with Crippen molar-refractivity contribution in [1.82, 2.24) is 13.5 Å². The topological polar surface area (TPSA) is 56.9 Å². The summed E-state index contributed by atoms with van der Waals surface area (Å²) in [5.74, 6) is 0. The first kappa shape index (κ1) is 17.7.